The van der Waals surface area contributed by atoms with Crippen LogP contribution in [0.5, 0.6) is 11.5 Å². The number of allylic oxidation sites excluding steroid dienone is 1. The lowest BCUT2D eigenvalue weighted by molar-refractivity contribution is -0.139. The van der Waals surface area contributed by atoms with Crippen molar-refractivity contribution in [3.63, 3.8) is 0 Å². The smallest absolute Gasteiger partial charge is 0.338 e. The fraction of sp³-hybridized carbons (Fsp3) is 0.292. The molecule has 2 aromatic rings. The van der Waals surface area contributed by atoms with Gasteiger partial charge in [-0.3, -0.25) is 4.79 Å². The van der Waals surface area contributed by atoms with Crippen LogP contribution in [0.3, 0.4) is 0 Å². The Hall–Kier alpha value is -3.59. The molecule has 1 atom stereocenters. The minimum atomic E-state index is -0.512. The van der Waals surface area contributed by atoms with Gasteiger partial charge in [-0.2, -0.15) is 0 Å². The Kier molecular flexibility index (Phi) is 7.55. The molecule has 0 saturated heterocycles. The number of rotatable bonds is 7. The first kappa shape index (κ1) is 24.1. The molecule has 0 radical (unpaired) electrons. The predicted molar refractivity (Wildman–Crippen MR) is 130 cm³/mol. The van der Waals surface area contributed by atoms with Crippen LogP contribution >= 0.6 is 12.2 Å². The molecule has 0 saturated carbocycles. The van der Waals surface area contributed by atoms with Crippen molar-refractivity contribution in [1.82, 2.24) is 10.2 Å². The number of methoxy groups -OCH3 is 2. The van der Waals surface area contributed by atoms with Crippen LogP contribution in [-0.4, -0.2) is 49.8 Å². The van der Waals surface area contributed by atoms with E-state index in [1.54, 1.807) is 55.3 Å². The van der Waals surface area contributed by atoms with Gasteiger partial charge in [0.05, 0.1) is 32.4 Å². The van der Waals surface area contributed by atoms with E-state index in [1.807, 2.05) is 13.0 Å². The van der Waals surface area contributed by atoms with Crippen LogP contribution in [-0.2, 0) is 9.53 Å². The quantitative estimate of drug-likeness (QED) is 0.469. The Balaban J connectivity index is 1.92. The second kappa shape index (κ2) is 10.4. The van der Waals surface area contributed by atoms with E-state index in [0.29, 0.717) is 39.1 Å². The molecule has 1 aliphatic heterocycles. The molecule has 33 heavy (non-hydrogen) atoms. The van der Waals surface area contributed by atoms with Gasteiger partial charge in [0.2, 0.25) is 0 Å². The first-order chi connectivity index (χ1) is 15.8. The summed E-state index contributed by atoms with van der Waals surface area (Å²) in [5.41, 5.74) is 2.88. The second-order valence-electron chi connectivity index (χ2n) is 7.34. The molecular weight excluding hydrogens is 442 g/mol. The van der Waals surface area contributed by atoms with Gasteiger partial charge in [0.15, 0.2) is 5.11 Å². The maximum absolute atomic E-state index is 12.9. The molecule has 0 aromatic heterocycles. The average Bonchev–Trinajstić information content (AvgIpc) is 2.82. The minimum absolute atomic E-state index is 0.261. The second-order valence-corrected chi connectivity index (χ2v) is 7.73. The summed E-state index contributed by atoms with van der Waals surface area (Å²) in [6.07, 6.45) is 0. The molecule has 1 amide bonds. The summed E-state index contributed by atoms with van der Waals surface area (Å²) in [5.74, 6) is 0.280. The third-order valence-corrected chi connectivity index (χ3v) is 5.73. The molecule has 1 heterocycles. The van der Waals surface area contributed by atoms with Crippen molar-refractivity contribution in [2.75, 3.05) is 33.2 Å². The summed E-state index contributed by atoms with van der Waals surface area (Å²) in [5, 5.41) is 6.57. The molecule has 0 fully saturated rings. The molecule has 2 aromatic carbocycles. The zero-order chi connectivity index (χ0) is 24.1. The van der Waals surface area contributed by atoms with E-state index in [2.05, 4.69) is 10.6 Å². The molecule has 0 spiro atoms. The van der Waals surface area contributed by atoms with Crippen LogP contribution in [0.4, 0.5) is 5.69 Å². The number of anilines is 1. The average molecular weight is 470 g/mol. The van der Waals surface area contributed by atoms with Gasteiger partial charge < -0.3 is 29.7 Å². The van der Waals surface area contributed by atoms with E-state index < -0.39 is 12.0 Å². The molecule has 1 aliphatic rings. The van der Waals surface area contributed by atoms with Gasteiger partial charge in [0.25, 0.3) is 5.91 Å². The number of esters is 1. The maximum atomic E-state index is 12.9. The highest BCUT2D eigenvalue weighted by molar-refractivity contribution is 7.80. The van der Waals surface area contributed by atoms with Gasteiger partial charge in [-0.05, 0) is 55.9 Å². The number of hydrogen-bond donors (Lipinski definition) is 2. The van der Waals surface area contributed by atoms with E-state index in [4.69, 9.17) is 26.4 Å². The molecule has 174 valence electrons. The zero-order valence-electron chi connectivity index (χ0n) is 19.2. The van der Waals surface area contributed by atoms with Crippen molar-refractivity contribution < 1.29 is 23.8 Å². The number of hydrogen-bond acceptors (Lipinski definition) is 6. The van der Waals surface area contributed by atoms with Gasteiger partial charge in [0.1, 0.15) is 11.5 Å². The number of carbonyl (C=O) groups excluding carboxylic acids is 2. The lowest BCUT2D eigenvalue weighted by Crippen LogP contribution is -2.46. The monoisotopic (exact) mass is 469 g/mol. The zero-order valence-corrected chi connectivity index (χ0v) is 20.0. The van der Waals surface area contributed by atoms with Crippen LogP contribution in [0.15, 0.2) is 53.7 Å². The highest BCUT2D eigenvalue weighted by Gasteiger charge is 2.33. The Morgan fingerprint density at radius 3 is 2.39 bits per heavy atom. The molecule has 0 bridgehead atoms. The van der Waals surface area contributed by atoms with E-state index in [9.17, 15) is 9.59 Å². The van der Waals surface area contributed by atoms with Crippen molar-refractivity contribution in [3.05, 3.63) is 64.9 Å². The number of nitrogens with one attached hydrogen (secondary N) is 2. The molecule has 9 heteroatoms. The van der Waals surface area contributed by atoms with Crippen molar-refractivity contribution >= 4 is 34.9 Å². The number of thiocarbonyl (C=S) groups is 1. The third kappa shape index (κ3) is 5.25. The molecule has 8 nitrogen and oxygen atoms in total. The summed E-state index contributed by atoms with van der Waals surface area (Å²) in [4.78, 5) is 27.4. The Labute approximate surface area is 198 Å². The van der Waals surface area contributed by atoms with Crippen molar-refractivity contribution in [2.24, 2.45) is 0 Å². The summed E-state index contributed by atoms with van der Waals surface area (Å²) in [6, 6.07) is 11.7. The van der Waals surface area contributed by atoms with Crippen LogP contribution in [0.25, 0.3) is 0 Å². The Bertz CT molecular complexity index is 1090. The Morgan fingerprint density at radius 1 is 1.12 bits per heavy atom. The Morgan fingerprint density at radius 2 is 1.79 bits per heavy atom. The minimum Gasteiger partial charge on any atom is -0.497 e. The molecular formula is C24H27N3O5S. The van der Waals surface area contributed by atoms with Crippen LogP contribution in [0.1, 0.15) is 35.8 Å². The van der Waals surface area contributed by atoms with Crippen LogP contribution in [0, 0.1) is 0 Å². The van der Waals surface area contributed by atoms with Gasteiger partial charge in [-0.15, -0.1) is 0 Å². The summed E-state index contributed by atoms with van der Waals surface area (Å²) in [7, 11) is 4.84. The lowest BCUT2D eigenvalue weighted by Gasteiger charge is -2.35. The highest BCUT2D eigenvalue weighted by Crippen LogP contribution is 2.32. The maximum Gasteiger partial charge on any atom is 0.338 e. The summed E-state index contributed by atoms with van der Waals surface area (Å²) >= 11 is 5.44. The number of carbonyl (C=O) groups is 2. The summed E-state index contributed by atoms with van der Waals surface area (Å²) in [6.45, 7) is 3.85. The van der Waals surface area contributed by atoms with Gasteiger partial charge in [-0.25, -0.2) is 4.79 Å². The van der Waals surface area contributed by atoms with E-state index in [1.165, 1.54) is 14.2 Å². The highest BCUT2D eigenvalue weighted by atomic mass is 32.1. The fourth-order valence-electron chi connectivity index (χ4n) is 3.50. The lowest BCUT2D eigenvalue weighted by atomic mass is 9.95. The van der Waals surface area contributed by atoms with Crippen LogP contribution in [0.2, 0.25) is 0 Å². The fourth-order valence-corrected chi connectivity index (χ4v) is 3.75. The van der Waals surface area contributed by atoms with Crippen molar-refractivity contribution in [1.29, 1.82) is 0 Å². The molecule has 2 N–H and O–H groups in total. The van der Waals surface area contributed by atoms with E-state index in [0.717, 1.165) is 5.56 Å². The molecule has 0 aliphatic carbocycles. The van der Waals surface area contributed by atoms with Gasteiger partial charge in [0, 0.05) is 30.1 Å². The number of benzene rings is 2. The molecule has 3 rings (SSSR count). The SMILES string of the molecule is CCOC(=O)C1=C(C)N(C)C(=S)NC1c1cccc(NC(=O)c2cc(OC)cc(OC)c2)c1. The van der Waals surface area contributed by atoms with Gasteiger partial charge >= 0.3 is 5.97 Å². The van der Waals surface area contributed by atoms with E-state index >= 15 is 0 Å². The van der Waals surface area contributed by atoms with Crippen molar-refractivity contribution in [2.45, 2.75) is 19.9 Å². The van der Waals surface area contributed by atoms with Crippen LogP contribution < -0.4 is 20.1 Å². The number of nitrogens with zero attached hydrogens (tertiary/aromatic N) is 1. The predicted octanol–water partition coefficient (Wildman–Crippen LogP) is 3.65. The number of ether oxygens (including phenoxy) is 3. The first-order valence-corrected chi connectivity index (χ1v) is 10.8. The van der Waals surface area contributed by atoms with Gasteiger partial charge in [-0.1, -0.05) is 12.1 Å². The number of amides is 1. The topological polar surface area (TPSA) is 89.1 Å². The standard InChI is InChI=1S/C24H27N3O5S/c1-6-32-23(29)20-14(2)27(3)24(33)26-21(20)15-8-7-9-17(10-15)25-22(28)16-11-18(30-4)13-19(12-16)31-5/h7-13,21H,6H2,1-5H3,(H,25,28)(H,26,33). The van der Waals surface area contributed by atoms with E-state index in [-0.39, 0.29) is 12.5 Å². The third-order valence-electron chi connectivity index (χ3n) is 5.34. The molecule has 1 unspecified atom stereocenters. The first-order valence-electron chi connectivity index (χ1n) is 10.4. The summed E-state index contributed by atoms with van der Waals surface area (Å²) < 4.78 is 15.8. The normalized spacial score (nSPS) is 15.6. The largest absolute Gasteiger partial charge is 0.497 e. The van der Waals surface area contributed by atoms with Crippen molar-refractivity contribution in [3.8, 4) is 11.5 Å².